The molecule has 1 aromatic rings. The van der Waals surface area contributed by atoms with Crippen LogP contribution in [0.5, 0.6) is 0 Å². The first-order valence-corrected chi connectivity index (χ1v) is 4.97. The molecule has 21 heavy (non-hydrogen) atoms. The molecule has 4 nitrogen and oxygen atoms in total. The Labute approximate surface area is 115 Å². The standard InChI is InChI=1S/C13H2F4N4/c14-10-8(6(3-19)1-2-18)11(15)13(17)9(12(10)16)7(4-20)5-21/h18H2. The van der Waals surface area contributed by atoms with Crippen LogP contribution in [0.4, 0.5) is 17.6 Å². The Morgan fingerprint density at radius 1 is 0.714 bits per heavy atom. The van der Waals surface area contributed by atoms with Crippen molar-refractivity contribution in [1.29, 1.82) is 15.8 Å². The monoisotopic (exact) mass is 290 g/mol. The molecule has 0 heterocycles. The molecule has 102 valence electrons. The molecule has 1 rings (SSSR count). The van der Waals surface area contributed by atoms with E-state index in [2.05, 4.69) is 0 Å². The first kappa shape index (κ1) is 15.6. The van der Waals surface area contributed by atoms with Crippen LogP contribution >= 0.6 is 0 Å². The predicted molar refractivity (Wildman–Crippen MR) is 61.1 cm³/mol. The second kappa shape index (κ2) is 6.10. The molecular weight excluding hydrogens is 288 g/mol. The zero-order chi connectivity index (χ0) is 16.2. The van der Waals surface area contributed by atoms with Gasteiger partial charge in [0.1, 0.15) is 29.4 Å². The molecule has 0 aliphatic heterocycles. The molecule has 0 amide bonds. The first-order chi connectivity index (χ1) is 9.94. The van der Waals surface area contributed by atoms with Gasteiger partial charge in [-0.05, 0) is 5.92 Å². The Kier molecular flexibility index (Phi) is 4.52. The van der Waals surface area contributed by atoms with Gasteiger partial charge in [-0.1, -0.05) is 0 Å². The minimum atomic E-state index is -1.98. The Hall–Kier alpha value is -3.49. The average molecular weight is 290 g/mol. The van der Waals surface area contributed by atoms with Gasteiger partial charge < -0.3 is 5.73 Å². The lowest BCUT2D eigenvalue weighted by molar-refractivity contribution is 0.434. The van der Waals surface area contributed by atoms with Crippen molar-refractivity contribution in [2.75, 3.05) is 0 Å². The minimum Gasteiger partial charge on any atom is -0.359 e. The van der Waals surface area contributed by atoms with Crippen molar-refractivity contribution >= 4 is 11.1 Å². The van der Waals surface area contributed by atoms with E-state index in [0.29, 0.717) is 0 Å². The summed E-state index contributed by atoms with van der Waals surface area (Å²) in [6.45, 7) is 0. The zero-order valence-electron chi connectivity index (χ0n) is 9.93. The maximum atomic E-state index is 13.8. The third-order valence-corrected chi connectivity index (χ3v) is 2.30. The highest BCUT2D eigenvalue weighted by atomic mass is 19.2. The number of nitriles is 3. The molecule has 0 radical (unpaired) electrons. The molecule has 0 unspecified atom stereocenters. The Morgan fingerprint density at radius 2 is 1.05 bits per heavy atom. The molecule has 0 aromatic heterocycles. The largest absolute Gasteiger partial charge is 0.359 e. The fourth-order valence-corrected chi connectivity index (χ4v) is 1.43. The maximum Gasteiger partial charge on any atom is 0.171 e. The van der Waals surface area contributed by atoms with Crippen molar-refractivity contribution < 1.29 is 17.6 Å². The van der Waals surface area contributed by atoms with Gasteiger partial charge in [0.15, 0.2) is 23.3 Å². The van der Waals surface area contributed by atoms with E-state index in [1.807, 2.05) is 0 Å². The second-order valence-electron chi connectivity index (χ2n) is 3.36. The smallest absolute Gasteiger partial charge is 0.171 e. The van der Waals surface area contributed by atoms with Crippen LogP contribution in [0, 0.1) is 69.2 Å². The van der Waals surface area contributed by atoms with Gasteiger partial charge in [0.25, 0.3) is 0 Å². The van der Waals surface area contributed by atoms with Gasteiger partial charge in [-0.15, -0.1) is 0 Å². The lowest BCUT2D eigenvalue weighted by Gasteiger charge is -2.01. The fourth-order valence-electron chi connectivity index (χ4n) is 1.43. The van der Waals surface area contributed by atoms with Gasteiger partial charge >= 0.3 is 0 Å². The average Bonchev–Trinajstić information content (AvgIpc) is 2.48. The molecule has 8 heteroatoms. The number of nitrogens with two attached hydrogens (primary N) is 1. The molecule has 0 aliphatic rings. The summed E-state index contributed by atoms with van der Waals surface area (Å²) in [6, 6.07) is 5.15. The van der Waals surface area contributed by atoms with Gasteiger partial charge in [-0.3, -0.25) is 0 Å². The maximum absolute atomic E-state index is 13.8. The number of rotatable bonds is 0. The highest BCUT2D eigenvalue weighted by Crippen LogP contribution is 2.06. The molecule has 2 N–H and O–H groups in total. The lowest BCUT2D eigenvalue weighted by Crippen LogP contribution is -2.31. The van der Waals surface area contributed by atoms with Crippen molar-refractivity contribution in [3.63, 3.8) is 0 Å². The van der Waals surface area contributed by atoms with Crippen LogP contribution in [-0.2, 0) is 0 Å². The summed E-state index contributed by atoms with van der Waals surface area (Å²) in [7, 11) is 0. The van der Waals surface area contributed by atoms with Crippen LogP contribution in [0.15, 0.2) is 0 Å². The van der Waals surface area contributed by atoms with Crippen molar-refractivity contribution in [3.05, 3.63) is 33.7 Å². The van der Waals surface area contributed by atoms with Crippen LogP contribution in [0.25, 0.3) is 11.1 Å². The molecule has 1 aromatic carbocycles. The molecule has 0 aliphatic carbocycles. The summed E-state index contributed by atoms with van der Waals surface area (Å²) in [6.07, 6.45) is 0. The molecule has 0 atom stereocenters. The van der Waals surface area contributed by atoms with E-state index in [-0.39, 0.29) is 0 Å². The highest BCUT2D eigenvalue weighted by Gasteiger charge is 2.22. The Balaban J connectivity index is 4.33. The molecular formula is C13H2F4N4. The van der Waals surface area contributed by atoms with Crippen molar-refractivity contribution in [2.24, 2.45) is 5.73 Å². The van der Waals surface area contributed by atoms with Crippen molar-refractivity contribution in [2.45, 2.75) is 0 Å². The quantitative estimate of drug-likeness (QED) is 0.315. The van der Waals surface area contributed by atoms with E-state index in [1.54, 1.807) is 12.0 Å². The number of hydrogen-bond donors (Lipinski definition) is 1. The number of benzene rings is 1. The van der Waals surface area contributed by atoms with E-state index in [4.69, 9.17) is 21.5 Å². The van der Waals surface area contributed by atoms with Crippen LogP contribution in [0.2, 0.25) is 0 Å². The zero-order valence-corrected chi connectivity index (χ0v) is 9.93. The molecule has 0 spiro atoms. The van der Waals surface area contributed by atoms with Gasteiger partial charge in [-0.25, -0.2) is 17.6 Å². The van der Waals surface area contributed by atoms with Crippen molar-refractivity contribution in [3.8, 4) is 30.2 Å². The van der Waals surface area contributed by atoms with Crippen LogP contribution in [-0.4, -0.2) is 0 Å². The molecule has 0 saturated carbocycles. The summed E-state index contributed by atoms with van der Waals surface area (Å²) in [5.41, 5.74) is 2.69. The second-order valence-corrected chi connectivity index (χ2v) is 3.36. The minimum absolute atomic E-state index is 0.938. The summed E-state index contributed by atoms with van der Waals surface area (Å²) >= 11 is 0. The van der Waals surface area contributed by atoms with E-state index < -0.39 is 44.9 Å². The summed E-state index contributed by atoms with van der Waals surface area (Å²) in [5.74, 6) is -6.07. The number of nitrogens with zero attached hydrogens (tertiary/aromatic N) is 3. The fraction of sp³-hybridized carbons (Fsp3) is 0. The molecule has 0 fully saturated rings. The number of hydrogen-bond acceptors (Lipinski definition) is 4. The Bertz CT molecular complexity index is 880. The Morgan fingerprint density at radius 3 is 1.33 bits per heavy atom. The predicted octanol–water partition coefficient (Wildman–Crippen LogP) is 0.0347. The van der Waals surface area contributed by atoms with Gasteiger partial charge in [0, 0.05) is 6.04 Å². The van der Waals surface area contributed by atoms with E-state index >= 15 is 0 Å². The highest BCUT2D eigenvalue weighted by molar-refractivity contribution is 5.76. The van der Waals surface area contributed by atoms with Gasteiger partial charge in [-0.2, -0.15) is 15.8 Å². The molecule has 0 saturated heterocycles. The SMILES string of the molecule is N#CC(C#N)=c1c(F)c(F)c(=C(C#N)C#CN)c(F)c1F. The van der Waals surface area contributed by atoms with E-state index in [0.717, 1.165) is 12.1 Å². The molecule has 0 bridgehead atoms. The number of halogens is 4. The summed E-state index contributed by atoms with van der Waals surface area (Å²) in [5, 5.41) is 22.9. The first-order valence-electron chi connectivity index (χ1n) is 4.97. The normalized spacial score (nSPS) is 8.62. The third-order valence-electron chi connectivity index (χ3n) is 2.30. The summed E-state index contributed by atoms with van der Waals surface area (Å²) in [4.78, 5) is 0. The topological polar surface area (TPSA) is 97.4 Å². The van der Waals surface area contributed by atoms with Crippen molar-refractivity contribution in [1.82, 2.24) is 0 Å². The lowest BCUT2D eigenvalue weighted by atomic mass is 10.1. The van der Waals surface area contributed by atoms with Gasteiger partial charge in [0.2, 0.25) is 0 Å². The van der Waals surface area contributed by atoms with Gasteiger partial charge in [0.05, 0.1) is 10.4 Å². The van der Waals surface area contributed by atoms with Crippen LogP contribution in [0.1, 0.15) is 0 Å². The summed E-state index contributed by atoms with van der Waals surface area (Å²) < 4.78 is 55.1. The third kappa shape index (κ3) is 2.47. The van der Waals surface area contributed by atoms with Crippen LogP contribution in [0.3, 0.4) is 0 Å². The van der Waals surface area contributed by atoms with E-state index in [1.165, 1.54) is 6.07 Å². The van der Waals surface area contributed by atoms with E-state index in [9.17, 15) is 17.6 Å². The van der Waals surface area contributed by atoms with Crippen LogP contribution < -0.4 is 16.2 Å².